The maximum absolute atomic E-state index is 12.1. The van der Waals surface area contributed by atoms with Crippen molar-refractivity contribution in [3.63, 3.8) is 0 Å². The van der Waals surface area contributed by atoms with E-state index in [0.29, 0.717) is 12.1 Å². The van der Waals surface area contributed by atoms with Gasteiger partial charge in [-0.2, -0.15) is 11.3 Å². The van der Waals surface area contributed by atoms with Crippen molar-refractivity contribution in [2.45, 2.75) is 18.8 Å². The van der Waals surface area contributed by atoms with E-state index >= 15 is 0 Å². The summed E-state index contributed by atoms with van der Waals surface area (Å²) >= 11 is 1.43. The van der Waals surface area contributed by atoms with Gasteiger partial charge in [0.05, 0.1) is 6.42 Å². The van der Waals surface area contributed by atoms with Gasteiger partial charge in [-0.1, -0.05) is 60.7 Å². The van der Waals surface area contributed by atoms with Gasteiger partial charge in [0.1, 0.15) is 0 Å². The Hall–Kier alpha value is -3.45. The van der Waals surface area contributed by atoms with Gasteiger partial charge in [0.15, 0.2) is 6.61 Å². The first-order valence-corrected chi connectivity index (χ1v) is 11.4. The molecular weight excluding hydrogens is 424 g/mol. The Morgan fingerprint density at radius 1 is 0.844 bits per heavy atom. The molecule has 6 nitrogen and oxygen atoms in total. The van der Waals surface area contributed by atoms with Crippen molar-refractivity contribution in [2.75, 3.05) is 19.7 Å². The van der Waals surface area contributed by atoms with E-state index < -0.39 is 5.97 Å². The van der Waals surface area contributed by atoms with E-state index in [1.807, 2.05) is 41.8 Å². The van der Waals surface area contributed by atoms with Crippen LogP contribution in [-0.2, 0) is 14.3 Å². The minimum absolute atomic E-state index is 0.00719. The van der Waals surface area contributed by atoms with Crippen molar-refractivity contribution in [1.29, 1.82) is 0 Å². The molecule has 3 aromatic rings. The van der Waals surface area contributed by atoms with Gasteiger partial charge in [-0.3, -0.25) is 14.4 Å². The molecule has 0 bridgehead atoms. The molecular formula is C25H26N2O4S. The number of rotatable bonds is 11. The maximum atomic E-state index is 12.1. The summed E-state index contributed by atoms with van der Waals surface area (Å²) in [5.41, 5.74) is 2.93. The van der Waals surface area contributed by atoms with Crippen molar-refractivity contribution in [1.82, 2.24) is 10.6 Å². The van der Waals surface area contributed by atoms with Crippen LogP contribution in [-0.4, -0.2) is 37.5 Å². The summed E-state index contributed by atoms with van der Waals surface area (Å²) < 4.78 is 5.00. The van der Waals surface area contributed by atoms with Crippen LogP contribution in [0.3, 0.4) is 0 Å². The molecule has 2 aromatic carbocycles. The molecule has 166 valence electrons. The number of esters is 1. The second-order valence-corrected chi connectivity index (χ2v) is 7.97. The monoisotopic (exact) mass is 450 g/mol. The molecule has 1 aromatic heterocycles. The molecule has 0 aliphatic carbocycles. The van der Waals surface area contributed by atoms with E-state index in [0.717, 1.165) is 6.42 Å². The number of hydrogen-bond donors (Lipinski definition) is 2. The molecule has 0 saturated heterocycles. The molecule has 0 saturated carbocycles. The zero-order valence-electron chi connectivity index (χ0n) is 17.7. The van der Waals surface area contributed by atoms with E-state index in [4.69, 9.17) is 4.74 Å². The zero-order valence-corrected chi connectivity index (χ0v) is 18.5. The Kier molecular flexibility index (Phi) is 9.01. The van der Waals surface area contributed by atoms with Crippen LogP contribution in [0.4, 0.5) is 0 Å². The second-order valence-electron chi connectivity index (χ2n) is 7.19. The molecule has 7 heteroatoms. The average Bonchev–Trinajstić information content (AvgIpc) is 3.37. The Labute approximate surface area is 191 Å². The maximum Gasteiger partial charge on any atom is 0.308 e. The first-order chi connectivity index (χ1) is 15.6. The van der Waals surface area contributed by atoms with Crippen molar-refractivity contribution in [3.05, 3.63) is 94.2 Å². The van der Waals surface area contributed by atoms with Gasteiger partial charge in [0.2, 0.25) is 0 Å². The molecule has 0 radical (unpaired) electrons. The highest BCUT2D eigenvalue weighted by atomic mass is 32.1. The number of amides is 2. The van der Waals surface area contributed by atoms with Gasteiger partial charge < -0.3 is 15.4 Å². The predicted octanol–water partition coefficient (Wildman–Crippen LogP) is 3.75. The minimum Gasteiger partial charge on any atom is -0.456 e. The third-order valence-electron chi connectivity index (χ3n) is 4.92. The molecule has 32 heavy (non-hydrogen) atoms. The number of carbonyl (C=O) groups is 3. The van der Waals surface area contributed by atoms with Crippen molar-refractivity contribution in [3.8, 4) is 0 Å². The van der Waals surface area contributed by atoms with Gasteiger partial charge in [-0.05, 0) is 29.0 Å². The van der Waals surface area contributed by atoms with Crippen LogP contribution in [0, 0.1) is 0 Å². The van der Waals surface area contributed by atoms with Crippen molar-refractivity contribution >= 4 is 29.1 Å². The molecule has 3 rings (SSSR count). The first-order valence-electron chi connectivity index (χ1n) is 10.5. The van der Waals surface area contributed by atoms with Gasteiger partial charge in [0, 0.05) is 30.0 Å². The number of hydrogen-bond acceptors (Lipinski definition) is 5. The Balaban J connectivity index is 1.37. The van der Waals surface area contributed by atoms with Crippen LogP contribution in [0.15, 0.2) is 77.5 Å². The van der Waals surface area contributed by atoms with Crippen LogP contribution in [0.5, 0.6) is 0 Å². The third-order valence-corrected chi connectivity index (χ3v) is 5.60. The first kappa shape index (κ1) is 23.2. The lowest BCUT2D eigenvalue weighted by Gasteiger charge is -2.18. The summed E-state index contributed by atoms with van der Waals surface area (Å²) in [6.07, 6.45) is 0.732. The largest absolute Gasteiger partial charge is 0.456 e. The fourth-order valence-electron chi connectivity index (χ4n) is 3.30. The van der Waals surface area contributed by atoms with Gasteiger partial charge in [0.25, 0.3) is 11.8 Å². The molecule has 0 aliphatic heterocycles. The molecule has 1 heterocycles. The Morgan fingerprint density at radius 2 is 1.50 bits per heavy atom. The van der Waals surface area contributed by atoms with Crippen LogP contribution in [0.2, 0.25) is 0 Å². The van der Waals surface area contributed by atoms with Gasteiger partial charge in [-0.25, -0.2) is 0 Å². The normalized spacial score (nSPS) is 10.5. The third kappa shape index (κ3) is 7.35. The lowest BCUT2D eigenvalue weighted by molar-refractivity contribution is -0.148. The Bertz CT molecular complexity index is 952. The second kappa shape index (κ2) is 12.4. The highest BCUT2D eigenvalue weighted by Gasteiger charge is 2.15. The Morgan fingerprint density at radius 3 is 2.09 bits per heavy atom. The lowest BCUT2D eigenvalue weighted by atomic mass is 9.88. The molecule has 0 unspecified atom stereocenters. The molecule has 0 spiro atoms. The summed E-state index contributed by atoms with van der Waals surface area (Å²) in [4.78, 5) is 35.7. The average molecular weight is 451 g/mol. The molecule has 0 atom stereocenters. The summed E-state index contributed by atoms with van der Waals surface area (Å²) in [5.74, 6) is -0.951. The molecule has 0 fully saturated rings. The smallest absolute Gasteiger partial charge is 0.308 e. The fourth-order valence-corrected chi connectivity index (χ4v) is 3.93. The van der Waals surface area contributed by atoms with E-state index in [1.54, 1.807) is 11.4 Å². The molecule has 2 N–H and O–H groups in total. The summed E-state index contributed by atoms with van der Waals surface area (Å²) in [5, 5.41) is 9.01. The number of ether oxygens (including phenoxy) is 1. The predicted molar refractivity (Wildman–Crippen MR) is 125 cm³/mol. The summed E-state index contributed by atoms with van der Waals surface area (Å²) in [6.45, 7) is 0.283. The zero-order chi connectivity index (χ0) is 22.6. The van der Waals surface area contributed by atoms with Crippen molar-refractivity contribution in [2.24, 2.45) is 0 Å². The van der Waals surface area contributed by atoms with E-state index in [9.17, 15) is 14.4 Å². The number of nitrogens with one attached hydrogen (secondary N) is 2. The quantitative estimate of drug-likeness (QED) is 0.436. The highest BCUT2D eigenvalue weighted by molar-refractivity contribution is 7.08. The topological polar surface area (TPSA) is 84.5 Å². The van der Waals surface area contributed by atoms with E-state index in [-0.39, 0.29) is 37.3 Å². The lowest BCUT2D eigenvalue weighted by Crippen LogP contribution is -2.31. The van der Waals surface area contributed by atoms with Crippen LogP contribution in [0.25, 0.3) is 0 Å². The number of carbonyl (C=O) groups excluding carboxylic acids is 3. The SMILES string of the molecule is O=C(COC(=O)CCNC(=O)c1ccsc1)NCCC(c1ccccc1)c1ccccc1. The molecule has 2 amide bonds. The van der Waals surface area contributed by atoms with Crippen LogP contribution >= 0.6 is 11.3 Å². The van der Waals surface area contributed by atoms with E-state index in [2.05, 4.69) is 34.9 Å². The van der Waals surface area contributed by atoms with Crippen LogP contribution in [0.1, 0.15) is 40.2 Å². The van der Waals surface area contributed by atoms with E-state index in [1.165, 1.54) is 22.5 Å². The number of thiophene rings is 1. The minimum atomic E-state index is -0.530. The van der Waals surface area contributed by atoms with Gasteiger partial charge in [-0.15, -0.1) is 0 Å². The number of benzene rings is 2. The van der Waals surface area contributed by atoms with Crippen molar-refractivity contribution < 1.29 is 19.1 Å². The highest BCUT2D eigenvalue weighted by Crippen LogP contribution is 2.27. The summed E-state index contributed by atoms with van der Waals surface area (Å²) in [6, 6.07) is 22.0. The summed E-state index contributed by atoms with van der Waals surface area (Å²) in [7, 11) is 0. The van der Waals surface area contributed by atoms with Crippen LogP contribution < -0.4 is 10.6 Å². The van der Waals surface area contributed by atoms with Gasteiger partial charge >= 0.3 is 5.97 Å². The molecule has 0 aliphatic rings. The standard InChI is InChI=1S/C25H26N2O4S/c28-23(17-31-24(29)12-15-27-25(30)21-13-16-32-18-21)26-14-11-22(19-7-3-1-4-8-19)20-9-5-2-6-10-20/h1-10,13,16,18,22H,11-12,14-15,17H2,(H,26,28)(H,27,30). The fraction of sp³-hybridized carbons (Fsp3) is 0.240.